The summed E-state index contributed by atoms with van der Waals surface area (Å²) in [5.41, 5.74) is 0.168. The molecule has 6 heteroatoms. The van der Waals surface area contributed by atoms with E-state index in [4.69, 9.17) is 11.6 Å². The predicted molar refractivity (Wildman–Crippen MR) is 71.3 cm³/mol. The van der Waals surface area contributed by atoms with Crippen LogP contribution >= 0.6 is 11.6 Å². The van der Waals surface area contributed by atoms with E-state index in [1.54, 1.807) is 18.0 Å². The molecule has 5 nitrogen and oxygen atoms in total. The number of carbonyl (C=O) groups excluding carboxylic acids is 2. The van der Waals surface area contributed by atoms with E-state index in [2.05, 4.69) is 0 Å². The van der Waals surface area contributed by atoms with Crippen LogP contribution < -0.4 is 0 Å². The van der Waals surface area contributed by atoms with Crippen molar-refractivity contribution in [2.75, 3.05) is 26.7 Å². The molecule has 1 aromatic rings. The summed E-state index contributed by atoms with van der Waals surface area (Å²) < 4.78 is 0. The van der Waals surface area contributed by atoms with Gasteiger partial charge in [0.2, 0.25) is 5.91 Å². The number of halogens is 1. The van der Waals surface area contributed by atoms with Crippen LogP contribution in [-0.2, 0) is 4.79 Å². The van der Waals surface area contributed by atoms with Crippen LogP contribution in [0.15, 0.2) is 18.2 Å². The predicted octanol–water partition coefficient (Wildman–Crippen LogP) is 1.35. The summed E-state index contributed by atoms with van der Waals surface area (Å²) in [6.07, 6.45) is 0.725. The van der Waals surface area contributed by atoms with E-state index in [1.807, 2.05) is 0 Å². The third-order valence-corrected chi connectivity index (χ3v) is 3.39. The van der Waals surface area contributed by atoms with Crippen LogP contribution in [0.25, 0.3) is 0 Å². The second kappa shape index (κ2) is 5.48. The summed E-state index contributed by atoms with van der Waals surface area (Å²) >= 11 is 5.73. The van der Waals surface area contributed by atoms with Crippen LogP contribution in [0.1, 0.15) is 16.8 Å². The van der Waals surface area contributed by atoms with Crippen LogP contribution in [0.2, 0.25) is 5.02 Å². The van der Waals surface area contributed by atoms with Gasteiger partial charge in [-0.15, -0.1) is 0 Å². The Morgan fingerprint density at radius 2 is 2.11 bits per heavy atom. The van der Waals surface area contributed by atoms with Crippen LogP contribution in [0, 0.1) is 0 Å². The highest BCUT2D eigenvalue weighted by Gasteiger charge is 2.25. The molecular weight excluding hydrogens is 268 g/mol. The number of rotatable bonds is 1. The van der Waals surface area contributed by atoms with Crippen molar-refractivity contribution in [1.29, 1.82) is 0 Å². The van der Waals surface area contributed by atoms with Gasteiger partial charge in [0.25, 0.3) is 5.91 Å². The number of hydrogen-bond acceptors (Lipinski definition) is 3. The van der Waals surface area contributed by atoms with Crippen molar-refractivity contribution in [1.82, 2.24) is 9.80 Å². The molecule has 2 amide bonds. The van der Waals surface area contributed by atoms with Gasteiger partial charge >= 0.3 is 0 Å². The Balaban J connectivity index is 2.21. The third kappa shape index (κ3) is 2.98. The highest BCUT2D eigenvalue weighted by Crippen LogP contribution is 2.23. The van der Waals surface area contributed by atoms with Crippen molar-refractivity contribution in [3.05, 3.63) is 28.8 Å². The van der Waals surface area contributed by atoms with E-state index in [-0.39, 0.29) is 29.7 Å². The Bertz CT molecular complexity index is 519. The standard InChI is InChI=1S/C13H15ClN2O3/c1-15-5-2-6-16(8-12(15)18)13(19)10-4-3-9(14)7-11(10)17/h3-4,7,17H,2,5-6,8H2,1H3. The minimum atomic E-state index is -0.349. The van der Waals surface area contributed by atoms with Crippen LogP contribution in [0.4, 0.5) is 0 Å². The summed E-state index contributed by atoms with van der Waals surface area (Å²) in [5, 5.41) is 10.1. The fourth-order valence-corrected chi connectivity index (χ4v) is 2.18. The first-order valence-corrected chi connectivity index (χ1v) is 6.38. The van der Waals surface area contributed by atoms with Crippen LogP contribution in [0.5, 0.6) is 5.75 Å². The number of likely N-dealkylation sites (N-methyl/N-ethyl adjacent to an activating group) is 1. The van der Waals surface area contributed by atoms with E-state index in [0.717, 1.165) is 6.42 Å². The second-order valence-electron chi connectivity index (χ2n) is 4.56. The lowest BCUT2D eigenvalue weighted by atomic mass is 10.1. The normalized spacial score (nSPS) is 16.4. The molecule has 0 aromatic heterocycles. The molecule has 1 saturated heterocycles. The van der Waals surface area contributed by atoms with Gasteiger partial charge in [0.15, 0.2) is 0 Å². The van der Waals surface area contributed by atoms with Gasteiger partial charge < -0.3 is 14.9 Å². The zero-order valence-electron chi connectivity index (χ0n) is 10.6. The quantitative estimate of drug-likeness (QED) is 0.846. The number of benzene rings is 1. The second-order valence-corrected chi connectivity index (χ2v) is 4.99. The van der Waals surface area contributed by atoms with E-state index in [1.165, 1.54) is 17.0 Å². The first-order chi connectivity index (χ1) is 8.99. The van der Waals surface area contributed by atoms with Crippen LogP contribution in [0.3, 0.4) is 0 Å². The number of hydrogen-bond donors (Lipinski definition) is 1. The maximum absolute atomic E-state index is 12.3. The molecule has 1 aliphatic rings. The molecule has 0 spiro atoms. The van der Waals surface area contributed by atoms with Gasteiger partial charge in [0, 0.05) is 25.2 Å². The zero-order chi connectivity index (χ0) is 14.0. The summed E-state index contributed by atoms with van der Waals surface area (Å²) in [6.45, 7) is 1.17. The SMILES string of the molecule is CN1CCCN(C(=O)c2ccc(Cl)cc2O)CC1=O. The zero-order valence-corrected chi connectivity index (χ0v) is 11.4. The number of carbonyl (C=O) groups is 2. The molecule has 1 N–H and O–H groups in total. The van der Waals surface area contributed by atoms with Gasteiger partial charge in [-0.3, -0.25) is 9.59 Å². The van der Waals surface area contributed by atoms with Crippen molar-refractivity contribution >= 4 is 23.4 Å². The molecule has 0 saturated carbocycles. The summed E-state index contributed by atoms with van der Waals surface area (Å²) in [4.78, 5) is 27.1. The molecule has 102 valence electrons. The first kappa shape index (κ1) is 13.7. The minimum absolute atomic E-state index is 0.0391. The minimum Gasteiger partial charge on any atom is -0.507 e. The highest BCUT2D eigenvalue weighted by atomic mass is 35.5. The van der Waals surface area contributed by atoms with Crippen LogP contribution in [-0.4, -0.2) is 53.4 Å². The molecule has 0 atom stereocenters. The number of aromatic hydroxyl groups is 1. The maximum atomic E-state index is 12.3. The lowest BCUT2D eigenvalue weighted by Gasteiger charge is -2.20. The van der Waals surface area contributed by atoms with E-state index < -0.39 is 0 Å². The Hall–Kier alpha value is -1.75. The smallest absolute Gasteiger partial charge is 0.258 e. The molecule has 1 aromatic carbocycles. The van der Waals surface area contributed by atoms with Gasteiger partial charge in [-0.1, -0.05) is 11.6 Å². The Labute approximate surface area is 116 Å². The lowest BCUT2D eigenvalue weighted by Crippen LogP contribution is -2.38. The van der Waals surface area contributed by atoms with Crippen molar-refractivity contribution in [3.8, 4) is 5.75 Å². The van der Waals surface area contributed by atoms with Gasteiger partial charge in [-0.2, -0.15) is 0 Å². The molecule has 0 radical (unpaired) electrons. The van der Waals surface area contributed by atoms with Gasteiger partial charge in [0.1, 0.15) is 12.3 Å². The molecule has 1 heterocycles. The molecule has 0 aliphatic carbocycles. The number of amides is 2. The number of nitrogens with zero attached hydrogens (tertiary/aromatic N) is 2. The molecule has 19 heavy (non-hydrogen) atoms. The van der Waals surface area contributed by atoms with Gasteiger partial charge in [0.05, 0.1) is 5.56 Å². The fraction of sp³-hybridized carbons (Fsp3) is 0.385. The fourth-order valence-electron chi connectivity index (χ4n) is 2.02. The number of phenolic OH excluding ortho intramolecular Hbond substituents is 1. The van der Waals surface area contributed by atoms with E-state index >= 15 is 0 Å². The first-order valence-electron chi connectivity index (χ1n) is 6.01. The Kier molecular flexibility index (Phi) is 3.95. The summed E-state index contributed by atoms with van der Waals surface area (Å²) in [7, 11) is 1.72. The Morgan fingerprint density at radius 3 is 2.79 bits per heavy atom. The lowest BCUT2D eigenvalue weighted by molar-refractivity contribution is -0.129. The molecule has 0 unspecified atom stereocenters. The molecule has 1 fully saturated rings. The third-order valence-electron chi connectivity index (χ3n) is 3.15. The summed E-state index contributed by atoms with van der Waals surface area (Å²) in [6, 6.07) is 4.33. The van der Waals surface area contributed by atoms with Gasteiger partial charge in [-0.25, -0.2) is 0 Å². The molecule has 1 aliphatic heterocycles. The van der Waals surface area contributed by atoms with E-state index in [9.17, 15) is 14.7 Å². The largest absolute Gasteiger partial charge is 0.507 e. The topological polar surface area (TPSA) is 60.9 Å². The molecule has 2 rings (SSSR count). The van der Waals surface area contributed by atoms with E-state index in [0.29, 0.717) is 18.1 Å². The van der Waals surface area contributed by atoms with Crippen molar-refractivity contribution < 1.29 is 14.7 Å². The average Bonchev–Trinajstić information content (AvgIpc) is 2.51. The Morgan fingerprint density at radius 1 is 1.37 bits per heavy atom. The highest BCUT2D eigenvalue weighted by molar-refractivity contribution is 6.30. The van der Waals surface area contributed by atoms with Crippen molar-refractivity contribution in [3.63, 3.8) is 0 Å². The van der Waals surface area contributed by atoms with Gasteiger partial charge in [-0.05, 0) is 24.6 Å². The average molecular weight is 283 g/mol. The van der Waals surface area contributed by atoms with Crippen molar-refractivity contribution in [2.24, 2.45) is 0 Å². The molecule has 0 bridgehead atoms. The van der Waals surface area contributed by atoms with Crippen molar-refractivity contribution in [2.45, 2.75) is 6.42 Å². The monoisotopic (exact) mass is 282 g/mol. The number of phenols is 1. The summed E-state index contributed by atoms with van der Waals surface area (Å²) in [5.74, 6) is -0.611. The molecular formula is C13H15ClN2O3. The maximum Gasteiger partial charge on any atom is 0.258 e.